The van der Waals surface area contributed by atoms with Gasteiger partial charge >= 0.3 is 0 Å². The van der Waals surface area contributed by atoms with Crippen LogP contribution < -0.4 is 71.9 Å². The van der Waals surface area contributed by atoms with Gasteiger partial charge in [0.25, 0.3) is 12.2 Å². The second-order valence-electron chi connectivity index (χ2n) is 29.7. The molecule has 0 unspecified atom stereocenters. The van der Waals surface area contributed by atoms with Gasteiger partial charge in [0, 0.05) is 118 Å². The van der Waals surface area contributed by atoms with Crippen molar-refractivity contribution in [3.05, 3.63) is 176 Å². The number of benzene rings is 6. The van der Waals surface area contributed by atoms with Gasteiger partial charge in [0.15, 0.2) is 0 Å². The molecule has 3 aliphatic carbocycles. The first-order valence-corrected chi connectivity index (χ1v) is 40.1. The second-order valence-corrected chi connectivity index (χ2v) is 31.3. The van der Waals surface area contributed by atoms with Gasteiger partial charge in [-0.15, -0.1) is 0 Å². The van der Waals surface area contributed by atoms with Crippen LogP contribution in [0, 0.1) is 27.6 Å². The normalized spacial score (nSPS) is 13.5. The van der Waals surface area contributed by atoms with E-state index in [-0.39, 0.29) is 74.5 Å². The molecule has 36 nitrogen and oxygen atoms in total. The van der Waals surface area contributed by atoms with Crippen LogP contribution in [0.2, 0.25) is 15.1 Å². The Morgan fingerprint density at radius 2 is 0.768 bits per heavy atom. The number of amides is 1. The number of halogens is 7. The highest BCUT2D eigenvalue weighted by atomic mass is 35.5. The molecule has 3 heterocycles. The van der Waals surface area contributed by atoms with Crippen molar-refractivity contribution in [3.8, 4) is 17.2 Å². The van der Waals surface area contributed by atoms with Gasteiger partial charge in [0.05, 0.1) is 97.9 Å². The summed E-state index contributed by atoms with van der Waals surface area (Å²) in [5.41, 5.74) is 9.58. The maximum absolute atomic E-state index is 14.3. The zero-order chi connectivity index (χ0) is 91.8. The van der Waals surface area contributed by atoms with Gasteiger partial charge in [0.1, 0.15) is 59.4 Å². The second kappa shape index (κ2) is 45.0. The van der Waals surface area contributed by atoms with Gasteiger partial charge in [-0.25, -0.2) is 43.1 Å². The first kappa shape index (κ1) is 98.4. The fourth-order valence-corrected chi connectivity index (χ4v) is 13.2. The number of nitrogens with one attached hydrogen (secondary N) is 7. The van der Waals surface area contributed by atoms with E-state index in [2.05, 4.69) is 110 Å². The minimum Gasteiger partial charge on any atom is -0.494 e. The Morgan fingerprint density at radius 3 is 1.06 bits per heavy atom. The number of carboxylic acid groups (broad SMARTS) is 1. The van der Waals surface area contributed by atoms with Gasteiger partial charge in [-0.05, 0) is 172 Å². The Balaban J connectivity index is 0.000000222. The number of aliphatic hydroxyl groups is 3. The zero-order valence-corrected chi connectivity index (χ0v) is 73.9. The zero-order valence-electron chi connectivity index (χ0n) is 70.8. The van der Waals surface area contributed by atoms with E-state index in [1.807, 2.05) is 78.3 Å². The highest BCUT2D eigenvalue weighted by Gasteiger charge is 2.42. The lowest BCUT2D eigenvalue weighted by Gasteiger charge is -2.38. The van der Waals surface area contributed by atoms with Crippen molar-refractivity contribution in [3.63, 3.8) is 0 Å². The Bertz CT molecular complexity index is 5300. The van der Waals surface area contributed by atoms with E-state index in [0.29, 0.717) is 138 Å². The number of rotatable bonds is 34. The third-order valence-corrected chi connectivity index (χ3v) is 21.1. The van der Waals surface area contributed by atoms with Crippen molar-refractivity contribution in [1.82, 2.24) is 59.6 Å². The van der Waals surface area contributed by atoms with E-state index in [1.54, 1.807) is 37.3 Å². The van der Waals surface area contributed by atoms with Crippen LogP contribution in [-0.4, -0.2) is 227 Å². The molecule has 3 aliphatic rings. The molecule has 0 saturated heterocycles. The molecule has 0 aliphatic heterocycles. The average molecular weight is 1810 g/mol. The Kier molecular flexibility index (Phi) is 35.4. The van der Waals surface area contributed by atoms with Crippen molar-refractivity contribution in [2.45, 2.75) is 74.6 Å². The van der Waals surface area contributed by atoms with Gasteiger partial charge in [-0.2, -0.15) is 15.0 Å². The number of carbonyl (C=O) groups excluding carboxylic acids is 2. The lowest BCUT2D eigenvalue weighted by atomic mass is 9.74. The smallest absolute Gasteiger partial charge is 0.294 e. The first-order chi connectivity index (χ1) is 59.3. The molecule has 3 aromatic heterocycles. The van der Waals surface area contributed by atoms with Crippen molar-refractivity contribution in [2.75, 3.05) is 182 Å². The van der Waals surface area contributed by atoms with Crippen LogP contribution in [0.1, 0.15) is 74.5 Å². The van der Waals surface area contributed by atoms with E-state index in [1.165, 1.54) is 81.7 Å². The maximum atomic E-state index is 14.3. The standard InChI is InChI=1S/C28H34ClFN8O3.C25H30ClFN8O4.C25H32ClFN8O2.C3H3ClO.CH2O2/c1-6-25(39)33-21-14-22(24(41-5)15-23(21)38(4)11-10-37(2)3)35-27-32-16-31-26(36-27)34-20-13-18(29)19(30)12-17(20)28(40)8-7-9-28;1-33(2)8-9-34(3)20-13-22(39-4)19(12-21(20)35(37)38)31-24-29-14-28-23(32-24)30-18-11-16(26)17(27)10-15(18)25(36)6-5-7-25;1-34(2)8-9-35(3)21-13-22(37-4)20(12-18(21)28)32-24-30-14-29-23(33-24)31-19-11-16(26)17(27)10-15(19)25(36)6-5-7-25;1-2-3(4)5;2-1-3/h6,12-16,40H,1,7-11H2,2-5H3,(H,33,39)(H2,31,32,34,35,36);10-14,36H,5-9H2,1-4H3,(H2,28,29,30,31,32);10-14,36H,5-9,28H2,1-4H3,(H2,29,30,31,32,33);2H,1H2;1H,(H,2,3). The molecule has 13 N–H and O–H groups in total. The minimum atomic E-state index is -1.17. The number of hydrogen-bond donors (Lipinski definition) is 12. The number of likely N-dealkylation sites (N-methyl/N-ethyl adjacent to an activating group) is 6. The van der Waals surface area contributed by atoms with Crippen molar-refractivity contribution >= 4 is 168 Å². The monoisotopic (exact) mass is 1810 g/mol. The largest absolute Gasteiger partial charge is 0.494 e. The van der Waals surface area contributed by atoms with E-state index in [4.69, 9.17) is 76.2 Å². The predicted molar refractivity (Wildman–Crippen MR) is 481 cm³/mol. The number of aromatic nitrogens is 9. The first-order valence-electron chi connectivity index (χ1n) is 38.6. The number of hydrogen-bond acceptors (Lipinski definition) is 33. The summed E-state index contributed by atoms with van der Waals surface area (Å²) in [4.78, 5) is 91.7. The number of nitro groups is 1. The third kappa shape index (κ3) is 26.7. The summed E-state index contributed by atoms with van der Waals surface area (Å²) in [7, 11) is 22.1. The van der Waals surface area contributed by atoms with Crippen molar-refractivity contribution in [2.24, 2.45) is 0 Å². The van der Waals surface area contributed by atoms with E-state index in [0.717, 1.165) is 56.3 Å². The highest BCUT2D eigenvalue weighted by Crippen LogP contribution is 2.50. The molecule has 0 atom stereocenters. The number of nitro benzene ring substituents is 1. The van der Waals surface area contributed by atoms with Crippen LogP contribution in [-0.2, 0) is 31.2 Å². The fraction of sp³-hybridized carbons (Fsp3) is 0.366. The molecule has 0 bridgehead atoms. The summed E-state index contributed by atoms with van der Waals surface area (Å²) >= 11 is 22.8. The highest BCUT2D eigenvalue weighted by molar-refractivity contribution is 6.66. The van der Waals surface area contributed by atoms with Gasteiger partial charge in [-0.3, -0.25) is 24.5 Å². The number of nitrogen functional groups attached to an aromatic ring is 1. The molecule has 125 heavy (non-hydrogen) atoms. The summed E-state index contributed by atoms with van der Waals surface area (Å²) in [6.07, 6.45) is 11.7. The molecule has 3 saturated carbocycles. The molecule has 3 fully saturated rings. The van der Waals surface area contributed by atoms with Gasteiger partial charge < -0.3 is 107 Å². The summed E-state index contributed by atoms with van der Waals surface area (Å²) in [6, 6.07) is 18.0. The molecule has 12 rings (SSSR count). The van der Waals surface area contributed by atoms with Crippen LogP contribution in [0.25, 0.3) is 0 Å². The fourth-order valence-electron chi connectivity index (χ4n) is 12.7. The summed E-state index contributed by atoms with van der Waals surface area (Å²) in [5, 5.41) is 71.8. The molecule has 670 valence electrons. The number of ether oxygens (including phenoxy) is 3. The average Bonchev–Trinajstić information content (AvgIpc) is 0.773. The lowest BCUT2D eigenvalue weighted by Crippen LogP contribution is -2.34. The summed E-state index contributed by atoms with van der Waals surface area (Å²) in [6.45, 7) is 10.8. The van der Waals surface area contributed by atoms with Gasteiger partial charge in [0.2, 0.25) is 46.8 Å². The van der Waals surface area contributed by atoms with E-state index in [9.17, 15) is 48.2 Å². The third-order valence-electron chi connectivity index (χ3n) is 20.1. The summed E-state index contributed by atoms with van der Waals surface area (Å²) < 4.78 is 59.5. The SMILES string of the molecule is C=CC(=O)Cl.C=CC(=O)Nc1cc(Nc2ncnc(Nc3cc(Cl)c(F)cc3C3(O)CCC3)n2)c(OC)cc1N(C)CCN(C)C.COc1cc(N(C)CCN(C)C)c(N)cc1Nc1ncnc(Nc2cc(Cl)c(F)cc2C2(O)CCC2)n1.COc1cc(N(C)CCN(C)C)c([N+](=O)[O-])cc1Nc1ncnc(Nc2cc(Cl)c(F)cc2C2(O)CCC2)n1.O=CO. The number of methoxy groups -OCH3 is 3. The lowest BCUT2D eigenvalue weighted by molar-refractivity contribution is -0.384. The Hall–Kier alpha value is -12.1. The Labute approximate surface area is 740 Å². The molecule has 9 aromatic rings. The maximum Gasteiger partial charge on any atom is 0.294 e. The number of nitrogens with two attached hydrogens (primary N) is 1. The topological polar surface area (TPSA) is 449 Å². The van der Waals surface area contributed by atoms with Crippen LogP contribution in [0.5, 0.6) is 17.2 Å². The van der Waals surface area contributed by atoms with Crippen molar-refractivity contribution in [1.29, 1.82) is 0 Å². The minimum absolute atomic E-state index is 0.0718. The molecule has 0 spiro atoms. The van der Waals surface area contributed by atoms with Crippen molar-refractivity contribution < 1.29 is 67.1 Å². The Morgan fingerprint density at radius 1 is 0.480 bits per heavy atom. The van der Waals surface area contributed by atoms with Crippen LogP contribution in [0.3, 0.4) is 0 Å². The number of allylic oxidation sites excluding steroid dienone is 1. The molecule has 0 radical (unpaired) electrons. The van der Waals surface area contributed by atoms with E-state index < -0.39 is 44.4 Å². The molecular formula is C82H101Cl4F3N24O12. The predicted octanol–water partition coefficient (Wildman–Crippen LogP) is 13.8. The van der Waals surface area contributed by atoms with Gasteiger partial charge in [-0.1, -0.05) is 48.0 Å². The van der Waals surface area contributed by atoms with Crippen LogP contribution in [0.15, 0.2) is 117 Å². The molecule has 43 heteroatoms. The molecule has 1 amide bonds. The molecular weight excluding hydrogens is 1710 g/mol. The molecule has 6 aromatic carbocycles. The number of carbonyl (C=O) groups is 3. The number of anilines is 17. The van der Waals surface area contributed by atoms with E-state index >= 15 is 0 Å². The quantitative estimate of drug-likeness (QED) is 0.00445. The van der Waals surface area contributed by atoms with Crippen LogP contribution in [0.4, 0.5) is 117 Å². The number of nitrogens with zero attached hydrogens (tertiary/aromatic N) is 16. The summed E-state index contributed by atoms with van der Waals surface area (Å²) in [5.74, 6) is 0.101. The van der Waals surface area contributed by atoms with Crippen LogP contribution >= 0.6 is 46.4 Å².